The molecule has 0 radical (unpaired) electrons. The molecule has 0 aliphatic rings. The third-order valence-electron chi connectivity index (χ3n) is 1.52. The van der Waals surface area contributed by atoms with Crippen LogP contribution in [-0.2, 0) is 0 Å². The van der Waals surface area contributed by atoms with Gasteiger partial charge in [0.05, 0.1) is 5.69 Å². The first-order valence-electron chi connectivity index (χ1n) is 3.28. The fourth-order valence-electron chi connectivity index (χ4n) is 0.838. The molecule has 0 unspecified atom stereocenters. The van der Waals surface area contributed by atoms with Crippen molar-refractivity contribution in [1.82, 2.24) is 0 Å². The summed E-state index contributed by atoms with van der Waals surface area (Å²) in [5.41, 5.74) is 1.18. The van der Waals surface area contributed by atoms with E-state index in [1.54, 1.807) is 20.0 Å². The maximum absolute atomic E-state index is 12.9. The average molecular weight is 174 g/mol. The van der Waals surface area contributed by atoms with Crippen molar-refractivity contribution < 1.29 is 4.39 Å². The molecule has 0 saturated heterocycles. The smallest absolute Gasteiger partial charge is 0.146 e. The number of hydrogen-bond acceptors (Lipinski definition) is 1. The summed E-state index contributed by atoms with van der Waals surface area (Å²) in [5.74, 6) is -0.269. The molecule has 3 heteroatoms. The maximum Gasteiger partial charge on any atom is 0.146 e. The minimum absolute atomic E-state index is 0.269. The Hall–Kier alpha value is -0.760. The van der Waals surface area contributed by atoms with E-state index in [0.717, 1.165) is 5.56 Å². The van der Waals surface area contributed by atoms with E-state index in [1.807, 2.05) is 0 Å². The molecule has 0 aliphatic carbocycles. The number of nitrogens with one attached hydrogen (secondary N) is 1. The lowest BCUT2D eigenvalue weighted by atomic mass is 10.2. The number of benzene rings is 1. The number of hydrogen-bond donors (Lipinski definition) is 1. The average Bonchev–Trinajstić information content (AvgIpc) is 1.97. The molecule has 0 atom stereocenters. The van der Waals surface area contributed by atoms with Crippen molar-refractivity contribution in [2.45, 2.75) is 6.92 Å². The van der Waals surface area contributed by atoms with Crippen LogP contribution in [0, 0.1) is 12.7 Å². The van der Waals surface area contributed by atoms with Gasteiger partial charge in [-0.15, -0.1) is 0 Å². The number of anilines is 1. The highest BCUT2D eigenvalue weighted by Gasteiger charge is 2.02. The quantitative estimate of drug-likeness (QED) is 0.689. The minimum Gasteiger partial charge on any atom is -0.386 e. The molecule has 0 fully saturated rings. The monoisotopic (exact) mass is 173 g/mol. The Morgan fingerprint density at radius 1 is 1.45 bits per heavy atom. The molecule has 0 heterocycles. The highest BCUT2D eigenvalue weighted by Crippen LogP contribution is 2.22. The molecular formula is C8H9ClFN. The Morgan fingerprint density at radius 2 is 2.09 bits per heavy atom. The molecule has 1 aromatic rings. The summed E-state index contributed by atoms with van der Waals surface area (Å²) in [6.45, 7) is 1.77. The van der Waals surface area contributed by atoms with Gasteiger partial charge in [-0.2, -0.15) is 0 Å². The molecule has 0 amide bonds. The molecule has 0 aromatic heterocycles. The third kappa shape index (κ3) is 1.63. The summed E-state index contributed by atoms with van der Waals surface area (Å²) in [4.78, 5) is 0. The molecule has 0 bridgehead atoms. The standard InChI is InChI=1S/C8H9ClFN/c1-5-3-7(10)8(11-2)4-6(5)9/h3-4,11H,1-2H3. The van der Waals surface area contributed by atoms with Crippen LogP contribution in [0.1, 0.15) is 5.56 Å². The van der Waals surface area contributed by atoms with Crippen molar-refractivity contribution in [3.05, 3.63) is 28.5 Å². The molecule has 1 nitrogen and oxygen atoms in total. The van der Waals surface area contributed by atoms with Crippen LogP contribution < -0.4 is 5.32 Å². The molecule has 0 aliphatic heterocycles. The van der Waals surface area contributed by atoms with Gasteiger partial charge in [0.2, 0.25) is 0 Å². The van der Waals surface area contributed by atoms with Crippen LogP contribution in [-0.4, -0.2) is 7.05 Å². The molecule has 1 aromatic carbocycles. The van der Waals surface area contributed by atoms with Crippen LogP contribution >= 0.6 is 11.6 Å². The van der Waals surface area contributed by atoms with Crippen molar-refractivity contribution in [3.8, 4) is 0 Å². The van der Waals surface area contributed by atoms with Crippen LogP contribution in [0.15, 0.2) is 12.1 Å². The first-order valence-corrected chi connectivity index (χ1v) is 3.66. The van der Waals surface area contributed by atoms with E-state index in [9.17, 15) is 4.39 Å². The predicted molar refractivity (Wildman–Crippen MR) is 45.7 cm³/mol. The van der Waals surface area contributed by atoms with Crippen molar-refractivity contribution in [2.24, 2.45) is 0 Å². The van der Waals surface area contributed by atoms with E-state index in [0.29, 0.717) is 10.7 Å². The van der Waals surface area contributed by atoms with Crippen molar-refractivity contribution >= 4 is 17.3 Å². The van der Waals surface area contributed by atoms with E-state index in [2.05, 4.69) is 5.32 Å². The van der Waals surface area contributed by atoms with Crippen LogP contribution in [0.3, 0.4) is 0 Å². The third-order valence-corrected chi connectivity index (χ3v) is 1.92. The highest BCUT2D eigenvalue weighted by atomic mass is 35.5. The highest BCUT2D eigenvalue weighted by molar-refractivity contribution is 6.31. The normalized spacial score (nSPS) is 9.82. The Bertz CT molecular complexity index is 273. The van der Waals surface area contributed by atoms with Crippen LogP contribution in [0.5, 0.6) is 0 Å². The van der Waals surface area contributed by atoms with Gasteiger partial charge in [0.1, 0.15) is 5.82 Å². The second kappa shape index (κ2) is 3.09. The number of halogens is 2. The molecule has 0 saturated carbocycles. The number of rotatable bonds is 1. The molecule has 1 rings (SSSR count). The summed E-state index contributed by atoms with van der Waals surface area (Å²) in [7, 11) is 1.66. The number of aryl methyl sites for hydroxylation is 1. The van der Waals surface area contributed by atoms with Crippen molar-refractivity contribution in [1.29, 1.82) is 0 Å². The second-order valence-electron chi connectivity index (χ2n) is 2.33. The van der Waals surface area contributed by atoms with Crippen molar-refractivity contribution in [3.63, 3.8) is 0 Å². The zero-order valence-corrected chi connectivity index (χ0v) is 7.17. The lowest BCUT2D eigenvalue weighted by Gasteiger charge is -2.04. The van der Waals surface area contributed by atoms with Gasteiger partial charge in [-0.05, 0) is 24.6 Å². The largest absolute Gasteiger partial charge is 0.386 e. The summed E-state index contributed by atoms with van der Waals surface area (Å²) in [6, 6.07) is 2.99. The van der Waals surface area contributed by atoms with Crippen LogP contribution in [0.2, 0.25) is 5.02 Å². The Balaban J connectivity index is 3.21. The Morgan fingerprint density at radius 3 is 2.64 bits per heavy atom. The topological polar surface area (TPSA) is 12.0 Å². The molecule has 60 valence electrons. The maximum atomic E-state index is 12.9. The summed E-state index contributed by atoms with van der Waals surface area (Å²) in [5, 5.41) is 3.28. The zero-order valence-electron chi connectivity index (χ0n) is 6.41. The first-order chi connectivity index (χ1) is 5.15. The first kappa shape index (κ1) is 8.34. The molecular weight excluding hydrogens is 165 g/mol. The fourth-order valence-corrected chi connectivity index (χ4v) is 1.00. The lowest BCUT2D eigenvalue weighted by Crippen LogP contribution is -1.93. The van der Waals surface area contributed by atoms with Gasteiger partial charge in [0.15, 0.2) is 0 Å². The van der Waals surface area contributed by atoms with Crippen molar-refractivity contribution in [2.75, 3.05) is 12.4 Å². The Kier molecular flexibility index (Phi) is 2.35. The second-order valence-corrected chi connectivity index (χ2v) is 2.74. The van der Waals surface area contributed by atoms with Gasteiger partial charge < -0.3 is 5.32 Å². The van der Waals surface area contributed by atoms with Gasteiger partial charge in [0.25, 0.3) is 0 Å². The fraction of sp³-hybridized carbons (Fsp3) is 0.250. The van der Waals surface area contributed by atoms with Gasteiger partial charge in [0, 0.05) is 12.1 Å². The van der Waals surface area contributed by atoms with Gasteiger partial charge in [-0.1, -0.05) is 11.6 Å². The molecule has 11 heavy (non-hydrogen) atoms. The summed E-state index contributed by atoms with van der Waals surface area (Å²) < 4.78 is 12.9. The van der Waals surface area contributed by atoms with Gasteiger partial charge >= 0.3 is 0 Å². The Labute approximate surface area is 70.2 Å². The minimum atomic E-state index is -0.269. The lowest BCUT2D eigenvalue weighted by molar-refractivity contribution is 0.630. The van der Waals surface area contributed by atoms with Gasteiger partial charge in [-0.3, -0.25) is 0 Å². The predicted octanol–water partition coefficient (Wildman–Crippen LogP) is 2.83. The van der Waals surface area contributed by atoms with E-state index >= 15 is 0 Å². The van der Waals surface area contributed by atoms with E-state index in [1.165, 1.54) is 6.07 Å². The zero-order chi connectivity index (χ0) is 8.43. The van der Waals surface area contributed by atoms with E-state index in [4.69, 9.17) is 11.6 Å². The summed E-state index contributed by atoms with van der Waals surface area (Å²) >= 11 is 5.76. The molecule has 0 spiro atoms. The molecule has 1 N–H and O–H groups in total. The van der Waals surface area contributed by atoms with Crippen LogP contribution in [0.4, 0.5) is 10.1 Å². The SMILES string of the molecule is CNc1cc(Cl)c(C)cc1F. The van der Waals surface area contributed by atoms with Gasteiger partial charge in [-0.25, -0.2) is 4.39 Å². The summed E-state index contributed by atoms with van der Waals surface area (Å²) in [6.07, 6.45) is 0. The van der Waals surface area contributed by atoms with E-state index in [-0.39, 0.29) is 5.82 Å². The van der Waals surface area contributed by atoms with E-state index < -0.39 is 0 Å². The van der Waals surface area contributed by atoms with Crippen LogP contribution in [0.25, 0.3) is 0 Å².